The van der Waals surface area contributed by atoms with Crippen LogP contribution in [0, 0.1) is 6.92 Å². The molecule has 9 heteroatoms. The lowest BCUT2D eigenvalue weighted by Crippen LogP contribution is -2.25. The van der Waals surface area contributed by atoms with Crippen molar-refractivity contribution < 1.29 is 33.3 Å². The summed E-state index contributed by atoms with van der Waals surface area (Å²) in [5.74, 6) is -2.53. The average molecular weight is 401 g/mol. The van der Waals surface area contributed by atoms with Crippen molar-refractivity contribution in [2.24, 2.45) is 5.11 Å². The van der Waals surface area contributed by atoms with E-state index >= 15 is 0 Å². The lowest BCUT2D eigenvalue weighted by molar-refractivity contribution is -0.403. The van der Waals surface area contributed by atoms with Gasteiger partial charge in [-0.3, -0.25) is 4.79 Å². The number of esters is 2. The van der Waals surface area contributed by atoms with Gasteiger partial charge in [0.05, 0.1) is 23.9 Å². The van der Waals surface area contributed by atoms with Crippen LogP contribution in [-0.4, -0.2) is 41.7 Å². The van der Waals surface area contributed by atoms with E-state index in [2.05, 4.69) is 5.11 Å². The van der Waals surface area contributed by atoms with Crippen molar-refractivity contribution in [1.82, 2.24) is 0 Å². The molecule has 0 N–H and O–H groups in total. The number of rotatable bonds is 5. The molecule has 1 aliphatic heterocycles. The highest BCUT2D eigenvalue weighted by molar-refractivity contribution is 7.17. The van der Waals surface area contributed by atoms with Crippen molar-refractivity contribution in [3.8, 4) is 0 Å². The summed E-state index contributed by atoms with van der Waals surface area (Å²) in [6.45, 7) is 5.12. The van der Waals surface area contributed by atoms with E-state index in [-0.39, 0.29) is 39.8 Å². The van der Waals surface area contributed by atoms with Crippen LogP contribution in [0.15, 0.2) is 29.4 Å². The van der Waals surface area contributed by atoms with Crippen LogP contribution in [0.3, 0.4) is 0 Å². The van der Waals surface area contributed by atoms with Crippen LogP contribution in [0.1, 0.15) is 60.2 Å². The molecular formula is C19H17N2O6S+. The van der Waals surface area contributed by atoms with Gasteiger partial charge in [0.2, 0.25) is 0 Å². The average Bonchev–Trinajstić information content (AvgIpc) is 3.02. The number of fused-ring (bicyclic) bond motifs is 1. The summed E-state index contributed by atoms with van der Waals surface area (Å²) >= 11 is 0.859. The summed E-state index contributed by atoms with van der Waals surface area (Å²) in [6, 6.07) is 6.28. The number of hydrogen-bond donors (Lipinski definition) is 0. The highest BCUT2D eigenvalue weighted by Gasteiger charge is 2.42. The highest BCUT2D eigenvalue weighted by atomic mass is 32.1. The maximum atomic E-state index is 12.9. The van der Waals surface area contributed by atoms with Crippen LogP contribution in [0.2, 0.25) is 0 Å². The normalized spacial score (nSPS) is 13.0. The molecule has 144 valence electrons. The van der Waals surface area contributed by atoms with E-state index in [1.807, 2.05) is 0 Å². The number of nitrogens with zero attached hydrogens (tertiary/aromatic N) is 2. The van der Waals surface area contributed by atoms with E-state index < -0.39 is 23.8 Å². The first-order valence-corrected chi connectivity index (χ1v) is 9.39. The van der Waals surface area contributed by atoms with Crippen molar-refractivity contribution in [2.75, 3.05) is 13.2 Å². The highest BCUT2D eigenvalue weighted by Crippen LogP contribution is 2.38. The number of carbonyl (C=O) groups excluding carboxylic acids is 4. The van der Waals surface area contributed by atoms with Crippen LogP contribution < -0.4 is 0 Å². The zero-order chi connectivity index (χ0) is 20.4. The molecule has 28 heavy (non-hydrogen) atoms. The smallest absolute Gasteiger partial charge is 0.451 e. The Morgan fingerprint density at radius 2 is 1.64 bits per heavy atom. The number of thiophene rings is 1. The van der Waals surface area contributed by atoms with Gasteiger partial charge < -0.3 is 9.47 Å². The first-order valence-electron chi connectivity index (χ1n) is 8.57. The van der Waals surface area contributed by atoms with Crippen LogP contribution in [0.4, 0.5) is 5.00 Å². The first kappa shape index (κ1) is 19.6. The molecule has 2 aromatic rings. The third kappa shape index (κ3) is 3.24. The number of amides is 2. The molecule has 0 atom stereocenters. The Hall–Kier alpha value is -3.20. The van der Waals surface area contributed by atoms with Gasteiger partial charge >= 0.3 is 28.8 Å². The lowest BCUT2D eigenvalue weighted by atomic mass is 10.0. The SMILES string of the molecule is CCOC(=O)c1sc([N+]2=NC(=O)c3ccccc3C2=O)c(C(=O)OCC)c1C. The second-order valence-electron chi connectivity index (χ2n) is 5.74. The van der Waals surface area contributed by atoms with Gasteiger partial charge in [-0.15, -0.1) is 0 Å². The second kappa shape index (κ2) is 7.81. The summed E-state index contributed by atoms with van der Waals surface area (Å²) in [5.41, 5.74) is 0.673. The van der Waals surface area contributed by atoms with Gasteiger partial charge in [0, 0.05) is 4.70 Å². The minimum atomic E-state index is -0.712. The summed E-state index contributed by atoms with van der Waals surface area (Å²) in [5, 5.41) is 3.88. The topological polar surface area (TPSA) is 102 Å². The van der Waals surface area contributed by atoms with E-state index in [9.17, 15) is 19.2 Å². The predicted molar refractivity (Wildman–Crippen MR) is 98.4 cm³/mol. The molecule has 0 bridgehead atoms. The zero-order valence-electron chi connectivity index (χ0n) is 15.5. The fourth-order valence-electron chi connectivity index (χ4n) is 2.78. The molecule has 0 spiro atoms. The van der Waals surface area contributed by atoms with E-state index in [1.165, 1.54) is 12.1 Å². The van der Waals surface area contributed by atoms with Gasteiger partial charge in [-0.1, -0.05) is 23.5 Å². The largest absolute Gasteiger partial charge is 0.462 e. The van der Waals surface area contributed by atoms with Crippen LogP contribution >= 0.6 is 11.3 Å². The quantitative estimate of drug-likeness (QED) is 0.561. The molecule has 8 nitrogen and oxygen atoms in total. The monoisotopic (exact) mass is 401 g/mol. The molecule has 0 unspecified atom stereocenters. The van der Waals surface area contributed by atoms with Crippen molar-refractivity contribution >= 4 is 40.1 Å². The third-order valence-corrected chi connectivity index (χ3v) is 5.28. The maximum Gasteiger partial charge on any atom is 0.451 e. The van der Waals surface area contributed by atoms with Gasteiger partial charge in [0.25, 0.3) is 0 Å². The molecule has 1 aromatic heterocycles. The lowest BCUT2D eigenvalue weighted by Gasteiger charge is -2.07. The Kier molecular flexibility index (Phi) is 5.46. The number of hydrogen-bond acceptors (Lipinski definition) is 7. The zero-order valence-corrected chi connectivity index (χ0v) is 16.3. The minimum Gasteiger partial charge on any atom is -0.462 e. The molecule has 1 aromatic carbocycles. The Balaban J connectivity index is 2.19. The summed E-state index contributed by atoms with van der Waals surface area (Å²) < 4.78 is 11.0. The Labute approximate surface area is 164 Å². The molecule has 0 fully saturated rings. The molecule has 0 radical (unpaired) electrons. The van der Waals surface area contributed by atoms with Gasteiger partial charge in [0.15, 0.2) is 5.56 Å². The minimum absolute atomic E-state index is 0.0131. The summed E-state index contributed by atoms with van der Waals surface area (Å²) in [7, 11) is 0. The fraction of sp³-hybridized carbons (Fsp3) is 0.263. The third-order valence-electron chi connectivity index (χ3n) is 4.03. The molecule has 1 aliphatic rings. The van der Waals surface area contributed by atoms with E-state index in [1.54, 1.807) is 32.9 Å². The van der Waals surface area contributed by atoms with Gasteiger partial charge in [0.1, 0.15) is 10.4 Å². The van der Waals surface area contributed by atoms with Crippen LogP contribution in [-0.2, 0) is 9.47 Å². The number of carbonyl (C=O) groups is 4. The molecule has 0 saturated heterocycles. The number of benzene rings is 1. The fourth-order valence-corrected chi connectivity index (χ4v) is 3.92. The van der Waals surface area contributed by atoms with Crippen LogP contribution in [0.5, 0.6) is 0 Å². The Morgan fingerprint density at radius 3 is 2.29 bits per heavy atom. The Bertz CT molecular complexity index is 1040. The molecule has 2 amide bonds. The van der Waals surface area contributed by atoms with Crippen molar-refractivity contribution in [3.63, 3.8) is 0 Å². The van der Waals surface area contributed by atoms with Crippen molar-refractivity contribution in [3.05, 3.63) is 51.4 Å². The molecule has 2 heterocycles. The molecular weight excluding hydrogens is 384 g/mol. The first-order chi connectivity index (χ1) is 13.4. The standard InChI is InChI=1S/C19H17N2O6S/c1-4-26-18(24)13-10(3)14(19(25)27-5-2)28-17(13)21-16(23)12-9-7-6-8-11(12)15(22)20-21/h6-9H,4-5H2,1-3H3/q+1. The van der Waals surface area contributed by atoms with Crippen molar-refractivity contribution in [1.29, 1.82) is 0 Å². The molecule has 0 saturated carbocycles. The van der Waals surface area contributed by atoms with E-state index in [0.717, 1.165) is 16.0 Å². The van der Waals surface area contributed by atoms with Gasteiger partial charge in [-0.25, -0.2) is 14.4 Å². The maximum absolute atomic E-state index is 12.9. The predicted octanol–water partition coefficient (Wildman–Crippen LogP) is 3.50. The second-order valence-corrected chi connectivity index (χ2v) is 6.74. The van der Waals surface area contributed by atoms with E-state index in [0.29, 0.717) is 5.56 Å². The number of ether oxygens (including phenoxy) is 2. The van der Waals surface area contributed by atoms with Gasteiger partial charge in [-0.2, -0.15) is 0 Å². The molecule has 3 rings (SSSR count). The number of azo groups is 2. The van der Waals surface area contributed by atoms with E-state index in [4.69, 9.17) is 9.47 Å². The summed E-state index contributed by atoms with van der Waals surface area (Å²) in [6.07, 6.45) is 0. The summed E-state index contributed by atoms with van der Waals surface area (Å²) in [4.78, 5) is 50.3. The molecule has 0 aliphatic carbocycles. The Morgan fingerprint density at radius 1 is 1.04 bits per heavy atom. The van der Waals surface area contributed by atoms with Crippen molar-refractivity contribution in [2.45, 2.75) is 20.8 Å². The van der Waals surface area contributed by atoms with Gasteiger partial charge in [-0.05, 0) is 38.5 Å². The van der Waals surface area contributed by atoms with Crippen LogP contribution in [0.25, 0.3) is 0 Å².